The summed E-state index contributed by atoms with van der Waals surface area (Å²) in [4.78, 5) is 23.7. The molecule has 1 fully saturated rings. The number of ether oxygens (including phenoxy) is 1. The Morgan fingerprint density at radius 3 is 2.28 bits per heavy atom. The van der Waals surface area contributed by atoms with E-state index in [2.05, 4.69) is 34.7 Å². The van der Waals surface area contributed by atoms with E-state index < -0.39 is 0 Å². The van der Waals surface area contributed by atoms with Gasteiger partial charge in [-0.15, -0.1) is 0 Å². The summed E-state index contributed by atoms with van der Waals surface area (Å²) in [5.74, 6) is 1.10. The number of hydrogen-bond donors (Lipinski definition) is 2. The second-order valence-electron chi connectivity index (χ2n) is 8.06. The molecule has 1 aliphatic rings. The minimum Gasteiger partial charge on any atom is -0.490 e. The number of aldehydes is 1. The van der Waals surface area contributed by atoms with Crippen LogP contribution >= 0.6 is 0 Å². The molecule has 2 aromatic rings. The molecular formula is C26H37N3O3. The van der Waals surface area contributed by atoms with Crippen LogP contribution in [0.1, 0.15) is 39.0 Å². The van der Waals surface area contributed by atoms with Crippen LogP contribution < -0.4 is 20.3 Å². The molecule has 0 radical (unpaired) electrons. The van der Waals surface area contributed by atoms with Gasteiger partial charge in [0.25, 0.3) is 0 Å². The molecule has 2 aromatic carbocycles. The first kappa shape index (κ1) is 25.4. The SMILES string of the molecule is CC=O.CNCCCN(C)c1ccc(NC(=O)C2CCC(Oc3ccccc3)CC2)cc1. The molecule has 0 saturated heterocycles. The number of nitrogens with zero attached hydrogens (tertiary/aromatic N) is 1. The molecule has 174 valence electrons. The monoisotopic (exact) mass is 439 g/mol. The van der Waals surface area contributed by atoms with Crippen LogP contribution in [-0.4, -0.2) is 45.5 Å². The lowest BCUT2D eigenvalue weighted by Crippen LogP contribution is -2.31. The van der Waals surface area contributed by atoms with Crippen LogP contribution in [0.15, 0.2) is 54.6 Å². The highest BCUT2D eigenvalue weighted by Gasteiger charge is 2.27. The zero-order valence-corrected chi connectivity index (χ0v) is 19.5. The van der Waals surface area contributed by atoms with Crippen molar-refractivity contribution in [3.8, 4) is 5.75 Å². The van der Waals surface area contributed by atoms with Crippen LogP contribution in [0.25, 0.3) is 0 Å². The Hall–Kier alpha value is -2.86. The fourth-order valence-corrected chi connectivity index (χ4v) is 3.80. The largest absolute Gasteiger partial charge is 0.490 e. The fourth-order valence-electron chi connectivity index (χ4n) is 3.80. The van der Waals surface area contributed by atoms with Gasteiger partial charge in [-0.3, -0.25) is 4.79 Å². The van der Waals surface area contributed by atoms with Crippen molar-refractivity contribution in [3.63, 3.8) is 0 Å². The molecule has 0 aromatic heterocycles. The van der Waals surface area contributed by atoms with Crippen LogP contribution in [0.5, 0.6) is 5.75 Å². The van der Waals surface area contributed by atoms with Crippen molar-refractivity contribution in [2.45, 2.75) is 45.1 Å². The van der Waals surface area contributed by atoms with E-state index in [1.165, 1.54) is 6.92 Å². The van der Waals surface area contributed by atoms with E-state index in [-0.39, 0.29) is 17.9 Å². The Balaban J connectivity index is 0.00000114. The van der Waals surface area contributed by atoms with E-state index in [0.29, 0.717) is 0 Å². The molecule has 6 nitrogen and oxygen atoms in total. The summed E-state index contributed by atoms with van der Waals surface area (Å²) in [6.45, 7) is 3.46. The van der Waals surface area contributed by atoms with E-state index in [0.717, 1.165) is 68.6 Å². The predicted molar refractivity (Wildman–Crippen MR) is 131 cm³/mol. The fraction of sp³-hybridized carbons (Fsp3) is 0.462. The summed E-state index contributed by atoms with van der Waals surface area (Å²) in [5, 5.41) is 6.26. The normalized spacial score (nSPS) is 17.5. The predicted octanol–water partition coefficient (Wildman–Crippen LogP) is 4.51. The molecular weight excluding hydrogens is 402 g/mol. The minimum absolute atomic E-state index is 0.0644. The van der Waals surface area contributed by atoms with Gasteiger partial charge in [0.05, 0.1) is 6.10 Å². The quantitative estimate of drug-likeness (QED) is 0.444. The van der Waals surface area contributed by atoms with Gasteiger partial charge in [0.2, 0.25) is 5.91 Å². The number of rotatable bonds is 9. The molecule has 32 heavy (non-hydrogen) atoms. The van der Waals surface area contributed by atoms with E-state index in [1.54, 1.807) is 0 Å². The number of carbonyl (C=O) groups is 2. The molecule has 1 saturated carbocycles. The first-order valence-corrected chi connectivity index (χ1v) is 11.5. The van der Waals surface area contributed by atoms with Crippen LogP contribution in [0, 0.1) is 5.92 Å². The van der Waals surface area contributed by atoms with Crippen LogP contribution in [0.3, 0.4) is 0 Å². The molecule has 2 N–H and O–H groups in total. The first-order chi connectivity index (χ1) is 15.6. The number of amides is 1. The molecule has 1 amide bonds. The van der Waals surface area contributed by atoms with Gasteiger partial charge >= 0.3 is 0 Å². The van der Waals surface area contributed by atoms with Gasteiger partial charge in [-0.2, -0.15) is 0 Å². The zero-order valence-electron chi connectivity index (χ0n) is 19.5. The minimum atomic E-state index is 0.0644. The number of benzene rings is 2. The van der Waals surface area contributed by atoms with Crippen LogP contribution in [0.2, 0.25) is 0 Å². The summed E-state index contributed by atoms with van der Waals surface area (Å²) < 4.78 is 6.03. The smallest absolute Gasteiger partial charge is 0.227 e. The molecule has 6 heteroatoms. The summed E-state index contributed by atoms with van der Waals surface area (Å²) >= 11 is 0. The molecule has 0 aliphatic heterocycles. The van der Waals surface area contributed by atoms with Gasteiger partial charge in [0.15, 0.2) is 0 Å². The van der Waals surface area contributed by atoms with Crippen molar-refractivity contribution in [3.05, 3.63) is 54.6 Å². The Bertz CT molecular complexity index is 788. The topological polar surface area (TPSA) is 70.7 Å². The highest BCUT2D eigenvalue weighted by molar-refractivity contribution is 5.92. The van der Waals surface area contributed by atoms with Gasteiger partial charge < -0.3 is 25.1 Å². The van der Waals surface area contributed by atoms with Gasteiger partial charge in [-0.1, -0.05) is 18.2 Å². The molecule has 3 rings (SSSR count). The number of para-hydroxylation sites is 1. The average molecular weight is 440 g/mol. The maximum atomic E-state index is 12.7. The Morgan fingerprint density at radius 2 is 1.69 bits per heavy atom. The first-order valence-electron chi connectivity index (χ1n) is 11.5. The van der Waals surface area contributed by atoms with Gasteiger partial charge in [0, 0.05) is 30.9 Å². The van der Waals surface area contributed by atoms with Crippen molar-refractivity contribution in [2.75, 3.05) is 37.4 Å². The van der Waals surface area contributed by atoms with E-state index in [1.807, 2.05) is 49.5 Å². The Kier molecular flexibility index (Phi) is 11.3. The van der Waals surface area contributed by atoms with Crippen LogP contribution in [-0.2, 0) is 9.59 Å². The highest BCUT2D eigenvalue weighted by Crippen LogP contribution is 2.29. The lowest BCUT2D eigenvalue weighted by atomic mass is 9.86. The standard InChI is InChI=1S/C24H33N3O2.C2H4O/c1-25-17-6-18-27(2)21-13-11-20(12-14-21)26-24(28)19-9-15-23(16-10-19)29-22-7-4-3-5-8-22;1-2-3/h3-5,7-8,11-14,19,23,25H,6,9-10,15-18H2,1-2H3,(H,26,28);2H,1H3. The van der Waals surface area contributed by atoms with E-state index >= 15 is 0 Å². The number of hydrogen-bond acceptors (Lipinski definition) is 5. The van der Waals surface area contributed by atoms with Crippen molar-refractivity contribution in [2.24, 2.45) is 5.92 Å². The third-order valence-electron chi connectivity index (χ3n) is 5.59. The maximum Gasteiger partial charge on any atom is 0.227 e. The average Bonchev–Trinajstić information content (AvgIpc) is 2.81. The molecule has 0 heterocycles. The molecule has 0 bridgehead atoms. The molecule has 0 unspecified atom stereocenters. The summed E-state index contributed by atoms with van der Waals surface area (Å²) in [6, 6.07) is 18.1. The third kappa shape index (κ3) is 8.71. The molecule has 0 atom stereocenters. The zero-order chi connectivity index (χ0) is 23.2. The summed E-state index contributed by atoms with van der Waals surface area (Å²) in [6.07, 6.45) is 5.64. The third-order valence-corrected chi connectivity index (χ3v) is 5.59. The Morgan fingerprint density at radius 1 is 1.06 bits per heavy atom. The van der Waals surface area contributed by atoms with Crippen LogP contribution in [0.4, 0.5) is 11.4 Å². The summed E-state index contributed by atoms with van der Waals surface area (Å²) in [7, 11) is 4.07. The number of anilines is 2. The lowest BCUT2D eigenvalue weighted by Gasteiger charge is -2.28. The highest BCUT2D eigenvalue weighted by atomic mass is 16.5. The van der Waals surface area contributed by atoms with E-state index in [4.69, 9.17) is 9.53 Å². The van der Waals surface area contributed by atoms with Crippen molar-refractivity contribution < 1.29 is 14.3 Å². The number of nitrogens with one attached hydrogen (secondary N) is 2. The lowest BCUT2D eigenvalue weighted by molar-refractivity contribution is -0.121. The second-order valence-corrected chi connectivity index (χ2v) is 8.06. The molecule has 0 spiro atoms. The van der Waals surface area contributed by atoms with Crippen molar-refractivity contribution >= 4 is 23.6 Å². The number of carbonyl (C=O) groups excluding carboxylic acids is 2. The summed E-state index contributed by atoms with van der Waals surface area (Å²) in [5.41, 5.74) is 2.03. The van der Waals surface area contributed by atoms with Gasteiger partial charge in [0.1, 0.15) is 12.0 Å². The Labute approximate surface area is 192 Å². The van der Waals surface area contributed by atoms with Gasteiger partial charge in [-0.05, 0) is 89.0 Å². The van der Waals surface area contributed by atoms with Gasteiger partial charge in [-0.25, -0.2) is 0 Å². The van der Waals surface area contributed by atoms with Crippen molar-refractivity contribution in [1.29, 1.82) is 0 Å². The second kappa shape index (κ2) is 14.2. The van der Waals surface area contributed by atoms with Crippen molar-refractivity contribution in [1.82, 2.24) is 5.32 Å². The maximum absolute atomic E-state index is 12.7. The van der Waals surface area contributed by atoms with E-state index in [9.17, 15) is 4.79 Å². The molecule has 1 aliphatic carbocycles.